The van der Waals surface area contributed by atoms with Crippen LogP contribution in [0.5, 0.6) is 0 Å². The van der Waals surface area contributed by atoms with Crippen LogP contribution < -0.4 is 15.9 Å². The second-order valence-corrected chi connectivity index (χ2v) is 6.79. The van der Waals surface area contributed by atoms with Crippen molar-refractivity contribution in [3.05, 3.63) is 40.2 Å². The molecule has 1 saturated heterocycles. The van der Waals surface area contributed by atoms with Crippen molar-refractivity contribution < 1.29 is 0 Å². The standard InChI is InChI=1S/C18H23N3S/c1-12-6-8-21(9-7-12)18(22)11-15-4-5-16-17(10-15)20-14(3)13(2)19-16/h4-5,10-12,20H,6-9H2,1-3H3/b15-11+. The molecule has 0 unspecified atom stereocenters. The Morgan fingerprint density at radius 3 is 2.77 bits per heavy atom. The second kappa shape index (κ2) is 6.21. The van der Waals surface area contributed by atoms with Gasteiger partial charge in [-0.15, -0.1) is 0 Å². The molecule has 1 fully saturated rings. The van der Waals surface area contributed by atoms with Crippen LogP contribution in [0.3, 0.4) is 0 Å². The van der Waals surface area contributed by atoms with Gasteiger partial charge < -0.3 is 10.2 Å². The number of allylic oxidation sites excluding steroid dienone is 2. The highest BCUT2D eigenvalue weighted by atomic mass is 32.1. The predicted octanol–water partition coefficient (Wildman–Crippen LogP) is 2.82. The van der Waals surface area contributed by atoms with Gasteiger partial charge in [0.2, 0.25) is 0 Å². The van der Waals surface area contributed by atoms with Crippen LogP contribution in [0.25, 0.3) is 6.08 Å². The molecule has 0 amide bonds. The Bertz CT molecular complexity index is 740. The van der Waals surface area contributed by atoms with Gasteiger partial charge in [-0.25, -0.2) is 4.99 Å². The number of thiocarbonyl (C=S) groups is 1. The highest BCUT2D eigenvalue weighted by molar-refractivity contribution is 7.81. The Hall–Kier alpha value is -1.68. The fourth-order valence-corrected chi connectivity index (χ4v) is 3.18. The number of nitrogens with zero attached hydrogens (tertiary/aromatic N) is 2. The van der Waals surface area contributed by atoms with Crippen LogP contribution in [0.2, 0.25) is 0 Å². The van der Waals surface area contributed by atoms with Gasteiger partial charge in [-0.05, 0) is 56.0 Å². The van der Waals surface area contributed by atoms with E-state index in [0.29, 0.717) is 0 Å². The summed E-state index contributed by atoms with van der Waals surface area (Å²) >= 11 is 5.61. The molecule has 0 aliphatic carbocycles. The van der Waals surface area contributed by atoms with Crippen LogP contribution in [-0.4, -0.2) is 23.0 Å². The second-order valence-electron chi connectivity index (χ2n) is 6.38. The fourth-order valence-electron chi connectivity index (χ4n) is 2.86. The van der Waals surface area contributed by atoms with Gasteiger partial charge in [-0.2, -0.15) is 0 Å². The summed E-state index contributed by atoms with van der Waals surface area (Å²) in [5, 5.41) is 5.55. The molecule has 1 aromatic rings. The Morgan fingerprint density at radius 2 is 2.05 bits per heavy atom. The summed E-state index contributed by atoms with van der Waals surface area (Å²) in [5.74, 6) is 0.826. The summed E-state index contributed by atoms with van der Waals surface area (Å²) in [7, 11) is 0. The minimum absolute atomic E-state index is 0.826. The van der Waals surface area contributed by atoms with Crippen LogP contribution in [-0.2, 0) is 0 Å². The normalized spacial score (nSPS) is 19.6. The van der Waals surface area contributed by atoms with E-state index in [1.54, 1.807) is 0 Å². The van der Waals surface area contributed by atoms with Crippen molar-refractivity contribution in [2.75, 3.05) is 18.4 Å². The number of benzene rings is 1. The number of anilines is 1. The number of likely N-dealkylation sites (tertiary alicyclic amines) is 1. The molecule has 0 spiro atoms. The monoisotopic (exact) mass is 313 g/mol. The van der Waals surface area contributed by atoms with Gasteiger partial charge >= 0.3 is 0 Å². The van der Waals surface area contributed by atoms with Gasteiger partial charge in [-0.1, -0.05) is 25.2 Å². The van der Waals surface area contributed by atoms with Gasteiger partial charge in [0.25, 0.3) is 0 Å². The predicted molar refractivity (Wildman–Crippen MR) is 96.3 cm³/mol. The molecule has 0 aromatic heterocycles. The number of fused-ring (bicyclic) bond motifs is 1. The van der Waals surface area contributed by atoms with Gasteiger partial charge in [0.05, 0.1) is 16.7 Å². The summed E-state index contributed by atoms with van der Waals surface area (Å²) < 4.78 is 0. The van der Waals surface area contributed by atoms with Gasteiger partial charge in [-0.3, -0.25) is 0 Å². The van der Waals surface area contributed by atoms with Crippen LogP contribution in [0, 0.1) is 5.92 Å². The molecule has 2 heterocycles. The molecule has 3 rings (SSSR count). The topological polar surface area (TPSA) is 27.6 Å². The minimum Gasteiger partial charge on any atom is -0.363 e. The first-order valence-corrected chi connectivity index (χ1v) is 8.37. The SMILES string of the molecule is CC1=C(C)Nc2c/c(=C/C(=S)N3CCC(C)CC3)ccc2=N1. The van der Waals surface area contributed by atoms with Crippen molar-refractivity contribution in [1.29, 1.82) is 0 Å². The third kappa shape index (κ3) is 3.22. The lowest BCUT2D eigenvalue weighted by Crippen LogP contribution is -2.36. The van der Waals surface area contributed by atoms with Crippen LogP contribution >= 0.6 is 12.2 Å². The first-order valence-electron chi connectivity index (χ1n) is 7.97. The third-order valence-electron chi connectivity index (χ3n) is 4.56. The maximum Gasteiger partial charge on any atom is 0.102 e. The summed E-state index contributed by atoms with van der Waals surface area (Å²) in [6.07, 6.45) is 4.58. The summed E-state index contributed by atoms with van der Waals surface area (Å²) in [6, 6.07) is 6.29. The molecule has 0 radical (unpaired) electrons. The highest BCUT2D eigenvalue weighted by Crippen LogP contribution is 2.17. The smallest absolute Gasteiger partial charge is 0.102 e. The van der Waals surface area contributed by atoms with Crippen LogP contribution in [0.15, 0.2) is 34.6 Å². The minimum atomic E-state index is 0.826. The molecule has 1 aromatic carbocycles. The van der Waals surface area contributed by atoms with E-state index in [1.165, 1.54) is 12.8 Å². The summed E-state index contributed by atoms with van der Waals surface area (Å²) in [6.45, 7) is 8.56. The Balaban J connectivity index is 1.83. The third-order valence-corrected chi connectivity index (χ3v) is 4.94. The van der Waals surface area contributed by atoms with Crippen molar-refractivity contribution in [1.82, 2.24) is 4.90 Å². The number of piperidine rings is 1. The highest BCUT2D eigenvalue weighted by Gasteiger charge is 2.16. The van der Waals surface area contributed by atoms with Gasteiger partial charge in [0.1, 0.15) is 4.99 Å². The van der Waals surface area contributed by atoms with E-state index in [1.807, 2.05) is 6.92 Å². The number of nitrogens with one attached hydrogen (secondary N) is 1. The summed E-state index contributed by atoms with van der Waals surface area (Å²) in [5.41, 5.74) is 3.21. The lowest BCUT2D eigenvalue weighted by molar-refractivity contribution is 0.286. The van der Waals surface area contributed by atoms with E-state index in [2.05, 4.69) is 53.3 Å². The average Bonchev–Trinajstić information content (AvgIpc) is 2.49. The maximum absolute atomic E-state index is 5.61. The number of hydrogen-bond acceptors (Lipinski definition) is 3. The van der Waals surface area contributed by atoms with E-state index < -0.39 is 0 Å². The molecule has 116 valence electrons. The van der Waals surface area contributed by atoms with E-state index in [9.17, 15) is 0 Å². The van der Waals surface area contributed by atoms with Crippen molar-refractivity contribution >= 4 is 29.0 Å². The Kier molecular flexibility index (Phi) is 4.30. The molecule has 0 bridgehead atoms. The first-order chi connectivity index (χ1) is 10.5. The van der Waals surface area contributed by atoms with Crippen LogP contribution in [0.4, 0.5) is 5.69 Å². The average molecular weight is 313 g/mol. The molecule has 2 aliphatic rings. The van der Waals surface area contributed by atoms with E-state index >= 15 is 0 Å². The molecule has 4 heteroatoms. The quantitative estimate of drug-likeness (QED) is 0.808. The van der Waals surface area contributed by atoms with E-state index in [0.717, 1.165) is 51.7 Å². The number of hydrogen-bond donors (Lipinski definition) is 1. The molecular weight excluding hydrogens is 290 g/mol. The van der Waals surface area contributed by atoms with Crippen molar-refractivity contribution in [2.24, 2.45) is 10.9 Å². The fraction of sp³-hybridized carbons (Fsp3) is 0.444. The van der Waals surface area contributed by atoms with E-state index in [-0.39, 0.29) is 0 Å². The first kappa shape index (κ1) is 15.2. The molecule has 0 saturated carbocycles. The largest absolute Gasteiger partial charge is 0.363 e. The Labute approximate surface area is 137 Å². The lowest BCUT2D eigenvalue weighted by Gasteiger charge is -2.31. The molecule has 0 atom stereocenters. The zero-order chi connectivity index (χ0) is 15.7. The summed E-state index contributed by atoms with van der Waals surface area (Å²) in [4.78, 5) is 7.87. The molecular formula is C18H23N3S. The number of rotatable bonds is 1. The van der Waals surface area contributed by atoms with E-state index in [4.69, 9.17) is 12.2 Å². The molecule has 2 aliphatic heterocycles. The molecule has 1 N–H and O–H groups in total. The van der Waals surface area contributed by atoms with Gasteiger partial charge in [0.15, 0.2) is 0 Å². The maximum atomic E-state index is 5.61. The van der Waals surface area contributed by atoms with Gasteiger partial charge in [0, 0.05) is 18.8 Å². The van der Waals surface area contributed by atoms with Crippen LogP contribution in [0.1, 0.15) is 33.6 Å². The molecule has 22 heavy (non-hydrogen) atoms. The van der Waals surface area contributed by atoms with Crippen molar-refractivity contribution in [3.63, 3.8) is 0 Å². The Morgan fingerprint density at radius 1 is 1.32 bits per heavy atom. The zero-order valence-corrected chi connectivity index (χ0v) is 14.3. The van der Waals surface area contributed by atoms with Crippen molar-refractivity contribution in [3.8, 4) is 0 Å². The lowest BCUT2D eigenvalue weighted by atomic mass is 9.99. The van der Waals surface area contributed by atoms with Crippen molar-refractivity contribution in [2.45, 2.75) is 33.6 Å². The molecule has 3 nitrogen and oxygen atoms in total. The zero-order valence-electron chi connectivity index (χ0n) is 13.5.